The van der Waals surface area contributed by atoms with E-state index in [0.717, 1.165) is 52.1 Å². The molecule has 0 aromatic heterocycles. The summed E-state index contributed by atoms with van der Waals surface area (Å²) >= 11 is 3.62. The van der Waals surface area contributed by atoms with Crippen molar-refractivity contribution in [1.29, 1.82) is 0 Å². The molecular formula is C28H31BrN2O3. The SMILES string of the molecule is Cc1ccccc1CN(C(=O)COc1ccc2ccccc2c1Br)[C@H](C)C(=O)NC1CCCC1. The third-order valence-corrected chi connectivity index (χ3v) is 7.47. The Kier molecular flexibility index (Phi) is 7.88. The van der Waals surface area contributed by atoms with Crippen molar-refractivity contribution < 1.29 is 14.3 Å². The predicted octanol–water partition coefficient (Wildman–Crippen LogP) is 5.77. The highest BCUT2D eigenvalue weighted by Crippen LogP contribution is 2.33. The first-order valence-electron chi connectivity index (χ1n) is 11.9. The summed E-state index contributed by atoms with van der Waals surface area (Å²) in [7, 11) is 0. The molecule has 3 aromatic carbocycles. The van der Waals surface area contributed by atoms with E-state index in [2.05, 4.69) is 21.2 Å². The van der Waals surface area contributed by atoms with Gasteiger partial charge in [0, 0.05) is 12.6 Å². The number of halogens is 1. The number of fused-ring (bicyclic) bond motifs is 1. The number of aryl methyl sites for hydroxylation is 1. The Labute approximate surface area is 209 Å². The van der Waals surface area contributed by atoms with Gasteiger partial charge < -0.3 is 15.0 Å². The summed E-state index contributed by atoms with van der Waals surface area (Å²) in [6, 6.07) is 19.4. The fraction of sp³-hybridized carbons (Fsp3) is 0.357. The number of hydrogen-bond donors (Lipinski definition) is 1. The van der Waals surface area contributed by atoms with E-state index in [-0.39, 0.29) is 24.5 Å². The standard InChI is InChI=1S/C28H31BrN2O3/c1-19-9-3-4-11-22(19)17-31(20(2)28(33)30-23-12-6-7-13-23)26(32)18-34-25-16-15-21-10-5-8-14-24(21)27(25)29/h3-5,8-11,14-16,20,23H,6-7,12-13,17-18H2,1-2H3,(H,30,33)/t20-/m1/s1. The van der Waals surface area contributed by atoms with Crippen molar-refractivity contribution in [3.8, 4) is 5.75 Å². The average Bonchev–Trinajstić information content (AvgIpc) is 3.36. The van der Waals surface area contributed by atoms with Gasteiger partial charge in [-0.1, -0.05) is 67.4 Å². The lowest BCUT2D eigenvalue weighted by Crippen LogP contribution is -2.50. The van der Waals surface area contributed by atoms with Crippen molar-refractivity contribution in [2.24, 2.45) is 0 Å². The molecular weight excluding hydrogens is 492 g/mol. The zero-order valence-electron chi connectivity index (χ0n) is 19.7. The Hall–Kier alpha value is -2.86. The smallest absolute Gasteiger partial charge is 0.261 e. The van der Waals surface area contributed by atoms with Gasteiger partial charge in [0.1, 0.15) is 11.8 Å². The molecule has 1 aliphatic rings. The van der Waals surface area contributed by atoms with E-state index in [9.17, 15) is 9.59 Å². The largest absolute Gasteiger partial charge is 0.483 e. The van der Waals surface area contributed by atoms with Crippen molar-refractivity contribution in [3.05, 3.63) is 76.3 Å². The summed E-state index contributed by atoms with van der Waals surface area (Å²) in [5.74, 6) is 0.268. The van der Waals surface area contributed by atoms with Crippen molar-refractivity contribution >= 4 is 38.5 Å². The molecule has 0 aliphatic heterocycles. The molecule has 0 saturated heterocycles. The highest BCUT2D eigenvalue weighted by molar-refractivity contribution is 9.10. The zero-order chi connectivity index (χ0) is 24.1. The zero-order valence-corrected chi connectivity index (χ0v) is 21.3. The van der Waals surface area contributed by atoms with Crippen molar-refractivity contribution in [2.75, 3.05) is 6.61 Å². The lowest BCUT2D eigenvalue weighted by molar-refractivity contribution is -0.142. The van der Waals surface area contributed by atoms with Crippen molar-refractivity contribution in [1.82, 2.24) is 10.2 Å². The highest BCUT2D eigenvalue weighted by Gasteiger charge is 2.29. The van der Waals surface area contributed by atoms with E-state index in [1.807, 2.05) is 67.6 Å². The van der Waals surface area contributed by atoms with Crippen LogP contribution in [-0.4, -0.2) is 35.4 Å². The van der Waals surface area contributed by atoms with Crippen LogP contribution in [0.3, 0.4) is 0 Å². The van der Waals surface area contributed by atoms with Gasteiger partial charge in [0.2, 0.25) is 5.91 Å². The van der Waals surface area contributed by atoms with Crippen LogP contribution in [0.15, 0.2) is 65.1 Å². The van der Waals surface area contributed by atoms with E-state index in [4.69, 9.17) is 4.74 Å². The van der Waals surface area contributed by atoms with E-state index < -0.39 is 6.04 Å². The van der Waals surface area contributed by atoms with Crippen LogP contribution in [-0.2, 0) is 16.1 Å². The monoisotopic (exact) mass is 522 g/mol. The quantitative estimate of drug-likeness (QED) is 0.408. The molecule has 6 heteroatoms. The average molecular weight is 523 g/mol. The molecule has 1 aliphatic carbocycles. The van der Waals surface area contributed by atoms with Crippen LogP contribution in [0.2, 0.25) is 0 Å². The second-order valence-electron chi connectivity index (χ2n) is 9.00. The summed E-state index contributed by atoms with van der Waals surface area (Å²) in [6.07, 6.45) is 4.28. The van der Waals surface area contributed by atoms with Crippen LogP contribution >= 0.6 is 15.9 Å². The number of rotatable bonds is 8. The Balaban J connectivity index is 1.51. The number of carbonyl (C=O) groups is 2. The molecule has 0 heterocycles. The van der Waals surface area contributed by atoms with Gasteiger partial charge >= 0.3 is 0 Å². The van der Waals surface area contributed by atoms with E-state index >= 15 is 0 Å². The maximum Gasteiger partial charge on any atom is 0.261 e. The summed E-state index contributed by atoms with van der Waals surface area (Å²) < 4.78 is 6.76. The molecule has 1 fully saturated rings. The number of nitrogens with one attached hydrogen (secondary N) is 1. The van der Waals surface area contributed by atoms with Gasteiger partial charge in [-0.2, -0.15) is 0 Å². The summed E-state index contributed by atoms with van der Waals surface area (Å²) in [5.41, 5.74) is 2.10. The van der Waals surface area contributed by atoms with Crippen LogP contribution in [0.25, 0.3) is 10.8 Å². The van der Waals surface area contributed by atoms with Crippen molar-refractivity contribution in [2.45, 2.75) is 58.2 Å². The van der Waals surface area contributed by atoms with Gasteiger partial charge in [0.05, 0.1) is 4.47 Å². The molecule has 0 radical (unpaired) electrons. The van der Waals surface area contributed by atoms with Gasteiger partial charge in [0.25, 0.3) is 5.91 Å². The lowest BCUT2D eigenvalue weighted by Gasteiger charge is -2.30. The first-order valence-corrected chi connectivity index (χ1v) is 12.7. The van der Waals surface area contributed by atoms with Gasteiger partial charge in [-0.25, -0.2) is 0 Å². The molecule has 1 atom stereocenters. The Morgan fingerprint density at radius 2 is 1.76 bits per heavy atom. The van der Waals surface area contributed by atoms with Crippen molar-refractivity contribution in [3.63, 3.8) is 0 Å². The molecule has 0 unspecified atom stereocenters. The molecule has 34 heavy (non-hydrogen) atoms. The highest BCUT2D eigenvalue weighted by atomic mass is 79.9. The van der Waals surface area contributed by atoms with Gasteiger partial charge in [-0.05, 0) is 70.6 Å². The summed E-state index contributed by atoms with van der Waals surface area (Å²) in [6.45, 7) is 4.02. The van der Waals surface area contributed by atoms with E-state index in [0.29, 0.717) is 12.3 Å². The van der Waals surface area contributed by atoms with Gasteiger partial charge in [0.15, 0.2) is 6.61 Å². The Bertz CT molecular complexity index is 1170. The van der Waals surface area contributed by atoms with Crippen LogP contribution in [0.5, 0.6) is 5.75 Å². The Morgan fingerprint density at radius 3 is 2.53 bits per heavy atom. The second kappa shape index (κ2) is 11.0. The lowest BCUT2D eigenvalue weighted by atomic mass is 10.1. The normalized spacial score (nSPS) is 14.7. The van der Waals surface area contributed by atoms with E-state index in [1.165, 1.54) is 0 Å². The molecule has 0 bridgehead atoms. The van der Waals surface area contributed by atoms with E-state index in [1.54, 1.807) is 11.8 Å². The van der Waals surface area contributed by atoms with Crippen LogP contribution in [0, 0.1) is 6.92 Å². The fourth-order valence-corrected chi connectivity index (χ4v) is 5.10. The second-order valence-corrected chi connectivity index (χ2v) is 9.79. The number of amides is 2. The fourth-order valence-electron chi connectivity index (χ4n) is 4.49. The third kappa shape index (κ3) is 5.61. The maximum absolute atomic E-state index is 13.4. The molecule has 1 saturated carbocycles. The summed E-state index contributed by atoms with van der Waals surface area (Å²) in [4.78, 5) is 28.1. The topological polar surface area (TPSA) is 58.6 Å². The number of nitrogens with zero attached hydrogens (tertiary/aromatic N) is 1. The maximum atomic E-state index is 13.4. The first-order chi connectivity index (χ1) is 16.4. The summed E-state index contributed by atoms with van der Waals surface area (Å²) in [5, 5.41) is 5.25. The number of hydrogen-bond acceptors (Lipinski definition) is 3. The molecule has 0 spiro atoms. The predicted molar refractivity (Wildman–Crippen MR) is 139 cm³/mol. The van der Waals surface area contributed by atoms with Gasteiger partial charge in [-0.3, -0.25) is 9.59 Å². The van der Waals surface area contributed by atoms with Crippen LogP contribution in [0.1, 0.15) is 43.7 Å². The number of benzene rings is 3. The molecule has 2 amide bonds. The van der Waals surface area contributed by atoms with Gasteiger partial charge in [-0.15, -0.1) is 0 Å². The number of carbonyl (C=O) groups excluding carboxylic acids is 2. The molecule has 178 valence electrons. The van der Waals surface area contributed by atoms with Crippen LogP contribution in [0.4, 0.5) is 0 Å². The van der Waals surface area contributed by atoms with Crippen LogP contribution < -0.4 is 10.1 Å². The minimum atomic E-state index is -0.601. The molecule has 3 aromatic rings. The minimum Gasteiger partial charge on any atom is -0.483 e. The molecule has 5 nitrogen and oxygen atoms in total. The Morgan fingerprint density at radius 1 is 1.06 bits per heavy atom. The third-order valence-electron chi connectivity index (χ3n) is 6.65. The molecule has 4 rings (SSSR count). The number of ether oxygens (including phenoxy) is 1. The minimum absolute atomic E-state index is 0.110. The molecule has 1 N–H and O–H groups in total. The first kappa shape index (κ1) is 24.3.